The van der Waals surface area contributed by atoms with E-state index in [9.17, 15) is 0 Å². The first-order valence-electron chi connectivity index (χ1n) is 7.05. The summed E-state index contributed by atoms with van der Waals surface area (Å²) in [5.74, 6) is 1.49. The van der Waals surface area contributed by atoms with Crippen molar-refractivity contribution in [2.75, 3.05) is 36.9 Å². The van der Waals surface area contributed by atoms with Crippen LogP contribution in [-0.2, 0) is 4.74 Å². The molecule has 1 aromatic carbocycles. The molecular weight excluding hydrogens is 266 g/mol. The first kappa shape index (κ1) is 13.8. The molecule has 1 saturated heterocycles. The molecule has 6 heteroatoms. The van der Waals surface area contributed by atoms with Crippen molar-refractivity contribution >= 4 is 11.9 Å². The predicted octanol–water partition coefficient (Wildman–Crippen LogP) is 1.57. The Morgan fingerprint density at radius 2 is 1.81 bits per heavy atom. The molecule has 6 nitrogen and oxygen atoms in total. The fourth-order valence-electron chi connectivity index (χ4n) is 2.30. The lowest BCUT2D eigenvalue weighted by atomic mass is 10.1. The SMILES string of the molecule is Cc1ccc(-c2nc(N)nc(N3CCOCC3)n2)cc1C. The van der Waals surface area contributed by atoms with Gasteiger partial charge < -0.3 is 15.4 Å². The van der Waals surface area contributed by atoms with Crippen molar-refractivity contribution < 1.29 is 4.74 Å². The van der Waals surface area contributed by atoms with E-state index >= 15 is 0 Å². The lowest BCUT2D eigenvalue weighted by molar-refractivity contribution is 0.122. The average Bonchev–Trinajstić information content (AvgIpc) is 2.50. The molecule has 0 unspecified atom stereocenters. The Morgan fingerprint density at radius 1 is 1.05 bits per heavy atom. The van der Waals surface area contributed by atoms with Crippen LogP contribution in [0.1, 0.15) is 11.1 Å². The molecule has 0 aliphatic carbocycles. The number of hydrogen-bond donors (Lipinski definition) is 1. The van der Waals surface area contributed by atoms with Crippen LogP contribution in [0.5, 0.6) is 0 Å². The molecule has 1 aliphatic rings. The third-order valence-corrected chi connectivity index (χ3v) is 3.70. The van der Waals surface area contributed by atoms with Gasteiger partial charge in [0.25, 0.3) is 0 Å². The van der Waals surface area contributed by atoms with Crippen LogP contribution in [0, 0.1) is 13.8 Å². The number of ether oxygens (including phenoxy) is 1. The summed E-state index contributed by atoms with van der Waals surface area (Å²) in [7, 11) is 0. The third kappa shape index (κ3) is 2.95. The maximum absolute atomic E-state index is 5.85. The van der Waals surface area contributed by atoms with E-state index in [-0.39, 0.29) is 5.95 Å². The molecule has 2 aromatic rings. The number of aromatic nitrogens is 3. The molecule has 21 heavy (non-hydrogen) atoms. The standard InChI is InChI=1S/C15H19N5O/c1-10-3-4-12(9-11(10)2)13-17-14(16)19-15(18-13)20-5-7-21-8-6-20/h3-4,9H,5-8H2,1-2H3,(H2,16,17,18,19). The molecule has 2 heterocycles. The number of aryl methyl sites for hydroxylation is 2. The summed E-state index contributed by atoms with van der Waals surface area (Å²) < 4.78 is 5.35. The molecule has 1 aliphatic heterocycles. The second kappa shape index (κ2) is 5.65. The number of hydrogen-bond acceptors (Lipinski definition) is 6. The van der Waals surface area contributed by atoms with Gasteiger partial charge in [-0.05, 0) is 31.0 Å². The van der Waals surface area contributed by atoms with Crippen LogP contribution in [0.2, 0.25) is 0 Å². The van der Waals surface area contributed by atoms with Gasteiger partial charge in [-0.3, -0.25) is 0 Å². The zero-order chi connectivity index (χ0) is 14.8. The topological polar surface area (TPSA) is 77.2 Å². The molecule has 2 N–H and O–H groups in total. The second-order valence-corrected chi connectivity index (χ2v) is 5.22. The van der Waals surface area contributed by atoms with Crippen molar-refractivity contribution in [1.82, 2.24) is 15.0 Å². The average molecular weight is 285 g/mol. The normalized spacial score (nSPS) is 15.2. The summed E-state index contributed by atoms with van der Waals surface area (Å²) in [6.07, 6.45) is 0. The van der Waals surface area contributed by atoms with E-state index in [2.05, 4.69) is 45.8 Å². The highest BCUT2D eigenvalue weighted by molar-refractivity contribution is 5.59. The molecule has 0 atom stereocenters. The van der Waals surface area contributed by atoms with Gasteiger partial charge in [-0.1, -0.05) is 12.1 Å². The first-order valence-corrected chi connectivity index (χ1v) is 7.05. The maximum Gasteiger partial charge on any atom is 0.230 e. The Balaban J connectivity index is 1.98. The Kier molecular flexibility index (Phi) is 3.70. The number of nitrogen functional groups attached to an aromatic ring is 1. The van der Waals surface area contributed by atoms with Gasteiger partial charge in [-0.2, -0.15) is 15.0 Å². The minimum atomic E-state index is 0.250. The van der Waals surface area contributed by atoms with Gasteiger partial charge in [-0.25, -0.2) is 0 Å². The third-order valence-electron chi connectivity index (χ3n) is 3.70. The number of nitrogens with two attached hydrogens (primary N) is 1. The molecule has 3 rings (SSSR count). The van der Waals surface area contributed by atoms with Crippen molar-refractivity contribution in [1.29, 1.82) is 0 Å². The molecule has 1 fully saturated rings. The molecule has 0 bridgehead atoms. The zero-order valence-corrected chi connectivity index (χ0v) is 12.3. The van der Waals surface area contributed by atoms with E-state index < -0.39 is 0 Å². The maximum atomic E-state index is 5.85. The number of rotatable bonds is 2. The summed E-state index contributed by atoms with van der Waals surface area (Å²) in [6, 6.07) is 6.16. The number of morpholine rings is 1. The molecule has 0 saturated carbocycles. The largest absolute Gasteiger partial charge is 0.378 e. The van der Waals surface area contributed by atoms with Crippen LogP contribution >= 0.6 is 0 Å². The van der Waals surface area contributed by atoms with Crippen LogP contribution in [0.25, 0.3) is 11.4 Å². The molecule has 0 spiro atoms. The lowest BCUT2D eigenvalue weighted by Crippen LogP contribution is -2.37. The molecular formula is C15H19N5O. The van der Waals surface area contributed by atoms with Gasteiger partial charge in [0.05, 0.1) is 13.2 Å². The number of nitrogens with zero attached hydrogens (tertiary/aromatic N) is 4. The predicted molar refractivity (Wildman–Crippen MR) is 82.2 cm³/mol. The van der Waals surface area contributed by atoms with E-state index in [1.165, 1.54) is 11.1 Å². The molecule has 0 radical (unpaired) electrons. The minimum Gasteiger partial charge on any atom is -0.378 e. The zero-order valence-electron chi connectivity index (χ0n) is 12.3. The van der Waals surface area contributed by atoms with Crippen LogP contribution < -0.4 is 10.6 Å². The quantitative estimate of drug-likeness (QED) is 0.902. The molecule has 110 valence electrons. The monoisotopic (exact) mass is 285 g/mol. The Hall–Kier alpha value is -2.21. The van der Waals surface area contributed by atoms with E-state index in [1.807, 2.05) is 6.07 Å². The number of anilines is 2. The fraction of sp³-hybridized carbons (Fsp3) is 0.400. The highest BCUT2D eigenvalue weighted by Gasteiger charge is 2.16. The Morgan fingerprint density at radius 3 is 2.52 bits per heavy atom. The summed E-state index contributed by atoms with van der Waals surface area (Å²) in [5.41, 5.74) is 9.26. The second-order valence-electron chi connectivity index (χ2n) is 5.22. The van der Waals surface area contributed by atoms with Crippen LogP contribution in [0.15, 0.2) is 18.2 Å². The van der Waals surface area contributed by atoms with Crippen molar-refractivity contribution in [3.05, 3.63) is 29.3 Å². The smallest absolute Gasteiger partial charge is 0.230 e. The molecule has 0 amide bonds. The minimum absolute atomic E-state index is 0.250. The summed E-state index contributed by atoms with van der Waals surface area (Å²) >= 11 is 0. The van der Waals surface area contributed by atoms with Gasteiger partial charge in [0.15, 0.2) is 5.82 Å². The van der Waals surface area contributed by atoms with Crippen LogP contribution in [0.4, 0.5) is 11.9 Å². The first-order chi connectivity index (χ1) is 10.1. The van der Waals surface area contributed by atoms with E-state index in [4.69, 9.17) is 10.5 Å². The van der Waals surface area contributed by atoms with Gasteiger partial charge in [0.2, 0.25) is 11.9 Å². The fourth-order valence-corrected chi connectivity index (χ4v) is 2.30. The van der Waals surface area contributed by atoms with E-state index in [0.29, 0.717) is 25.0 Å². The van der Waals surface area contributed by atoms with Crippen molar-refractivity contribution in [2.45, 2.75) is 13.8 Å². The van der Waals surface area contributed by atoms with Crippen molar-refractivity contribution in [3.63, 3.8) is 0 Å². The Bertz CT molecular complexity index is 653. The summed E-state index contributed by atoms with van der Waals surface area (Å²) in [4.78, 5) is 15.2. The highest BCUT2D eigenvalue weighted by atomic mass is 16.5. The van der Waals surface area contributed by atoms with E-state index in [1.54, 1.807) is 0 Å². The van der Waals surface area contributed by atoms with Crippen LogP contribution in [-0.4, -0.2) is 41.3 Å². The lowest BCUT2D eigenvalue weighted by Gasteiger charge is -2.26. The van der Waals surface area contributed by atoms with Gasteiger partial charge >= 0.3 is 0 Å². The molecule has 1 aromatic heterocycles. The summed E-state index contributed by atoms with van der Waals surface area (Å²) in [6.45, 7) is 7.08. The van der Waals surface area contributed by atoms with Crippen LogP contribution in [0.3, 0.4) is 0 Å². The number of benzene rings is 1. The van der Waals surface area contributed by atoms with Gasteiger partial charge in [0, 0.05) is 18.7 Å². The summed E-state index contributed by atoms with van der Waals surface area (Å²) in [5, 5.41) is 0. The Labute approximate surface area is 124 Å². The van der Waals surface area contributed by atoms with E-state index in [0.717, 1.165) is 18.7 Å². The van der Waals surface area contributed by atoms with Gasteiger partial charge in [0.1, 0.15) is 0 Å². The highest BCUT2D eigenvalue weighted by Crippen LogP contribution is 2.21. The van der Waals surface area contributed by atoms with Gasteiger partial charge in [-0.15, -0.1) is 0 Å². The van der Waals surface area contributed by atoms with Crippen molar-refractivity contribution in [3.8, 4) is 11.4 Å². The van der Waals surface area contributed by atoms with Crippen molar-refractivity contribution in [2.24, 2.45) is 0 Å².